The van der Waals surface area contributed by atoms with Crippen LogP contribution in [0.25, 0.3) is 0 Å². The summed E-state index contributed by atoms with van der Waals surface area (Å²) in [6.07, 6.45) is 0.893. The molecule has 0 saturated heterocycles. The number of nitrogens with zero attached hydrogens (tertiary/aromatic N) is 1. The molecule has 2 aromatic rings. The fourth-order valence-corrected chi connectivity index (χ4v) is 2.83. The van der Waals surface area contributed by atoms with Gasteiger partial charge in [-0.2, -0.15) is 0 Å². The van der Waals surface area contributed by atoms with E-state index < -0.39 is 0 Å². The van der Waals surface area contributed by atoms with Gasteiger partial charge in [-0.05, 0) is 52.5 Å². The van der Waals surface area contributed by atoms with Crippen molar-refractivity contribution in [2.75, 3.05) is 0 Å². The zero-order valence-corrected chi connectivity index (χ0v) is 12.2. The van der Waals surface area contributed by atoms with Gasteiger partial charge >= 0.3 is 0 Å². The van der Waals surface area contributed by atoms with Gasteiger partial charge < -0.3 is 9.32 Å². The summed E-state index contributed by atoms with van der Waals surface area (Å²) in [6, 6.07) is 11.9. The number of hydrogen-bond donors (Lipinski definition) is 0. The number of benzene rings is 1. The average molecular weight is 320 g/mol. The summed E-state index contributed by atoms with van der Waals surface area (Å²) in [5.74, 6) is 0.339. The van der Waals surface area contributed by atoms with Crippen molar-refractivity contribution in [2.24, 2.45) is 0 Å². The first kappa shape index (κ1) is 12.5. The molecule has 2 heterocycles. The molecular weight excluding hydrogens is 306 g/mol. The lowest BCUT2D eigenvalue weighted by atomic mass is 9.95. The maximum Gasteiger partial charge on any atom is 0.290 e. The number of fused-ring (bicyclic) bond motifs is 1. The Morgan fingerprint density at radius 2 is 2.00 bits per heavy atom. The molecule has 1 aliphatic heterocycles. The number of carbonyl (C=O) groups excluding carboxylic acids is 1. The van der Waals surface area contributed by atoms with E-state index in [0.717, 1.165) is 6.42 Å². The van der Waals surface area contributed by atoms with Crippen molar-refractivity contribution in [2.45, 2.75) is 25.9 Å². The molecule has 0 aliphatic carbocycles. The second-order valence-corrected chi connectivity index (χ2v) is 5.64. The summed E-state index contributed by atoms with van der Waals surface area (Å²) >= 11 is 3.23. The molecule has 3 nitrogen and oxygen atoms in total. The number of carbonyl (C=O) groups is 1. The molecule has 1 aromatic carbocycles. The number of hydrogen-bond acceptors (Lipinski definition) is 2. The Morgan fingerprint density at radius 1 is 1.26 bits per heavy atom. The van der Waals surface area contributed by atoms with Crippen molar-refractivity contribution in [3.05, 3.63) is 58.0 Å². The molecule has 1 amide bonds. The van der Waals surface area contributed by atoms with Crippen LogP contribution in [0.15, 0.2) is 45.5 Å². The lowest BCUT2D eigenvalue weighted by molar-refractivity contribution is 0.0624. The quantitative estimate of drug-likeness (QED) is 0.804. The highest BCUT2D eigenvalue weighted by molar-refractivity contribution is 9.10. The molecule has 3 rings (SSSR count). The Kier molecular flexibility index (Phi) is 3.19. The molecule has 0 bridgehead atoms. The predicted octanol–water partition coefficient (Wildman–Crippen LogP) is 3.63. The van der Waals surface area contributed by atoms with Crippen LogP contribution in [0.4, 0.5) is 0 Å². The molecule has 0 saturated carbocycles. The van der Waals surface area contributed by atoms with Crippen molar-refractivity contribution < 1.29 is 9.21 Å². The summed E-state index contributed by atoms with van der Waals surface area (Å²) in [5, 5.41) is 0. The SMILES string of the molecule is CC1Cc2ccccc2CN1C(=O)c1ccc(Br)o1. The van der Waals surface area contributed by atoms with Crippen LogP contribution in [0, 0.1) is 0 Å². The van der Waals surface area contributed by atoms with Crippen molar-refractivity contribution in [3.8, 4) is 0 Å². The first-order valence-corrected chi connectivity index (χ1v) is 7.07. The minimum atomic E-state index is -0.0484. The second-order valence-electron chi connectivity index (χ2n) is 4.86. The fourth-order valence-electron chi connectivity index (χ4n) is 2.52. The molecule has 1 aromatic heterocycles. The topological polar surface area (TPSA) is 33.5 Å². The number of rotatable bonds is 1. The highest BCUT2D eigenvalue weighted by Gasteiger charge is 2.28. The van der Waals surface area contributed by atoms with Gasteiger partial charge in [-0.25, -0.2) is 0 Å². The van der Waals surface area contributed by atoms with E-state index in [4.69, 9.17) is 4.42 Å². The normalized spacial score (nSPS) is 18.2. The van der Waals surface area contributed by atoms with E-state index in [1.165, 1.54) is 11.1 Å². The number of amides is 1. The van der Waals surface area contributed by atoms with Gasteiger partial charge in [0.1, 0.15) is 0 Å². The van der Waals surface area contributed by atoms with Crippen LogP contribution < -0.4 is 0 Å². The molecule has 4 heteroatoms. The summed E-state index contributed by atoms with van der Waals surface area (Å²) in [4.78, 5) is 14.3. The molecule has 0 N–H and O–H groups in total. The van der Waals surface area contributed by atoms with E-state index in [1.54, 1.807) is 12.1 Å². The molecular formula is C15H14BrNO2. The van der Waals surface area contributed by atoms with Crippen LogP contribution in [0.2, 0.25) is 0 Å². The first-order chi connectivity index (χ1) is 9.15. The Labute approximate surface area is 120 Å². The predicted molar refractivity (Wildman–Crippen MR) is 75.9 cm³/mol. The summed E-state index contributed by atoms with van der Waals surface area (Å²) in [6.45, 7) is 2.72. The van der Waals surface area contributed by atoms with Gasteiger partial charge in [-0.1, -0.05) is 24.3 Å². The largest absolute Gasteiger partial charge is 0.444 e. The Morgan fingerprint density at radius 3 is 2.68 bits per heavy atom. The van der Waals surface area contributed by atoms with Gasteiger partial charge in [-0.3, -0.25) is 4.79 Å². The zero-order chi connectivity index (χ0) is 13.4. The van der Waals surface area contributed by atoms with Crippen LogP contribution >= 0.6 is 15.9 Å². The third-order valence-corrected chi connectivity index (χ3v) is 3.98. The number of halogens is 1. The van der Waals surface area contributed by atoms with Crippen molar-refractivity contribution in [3.63, 3.8) is 0 Å². The minimum Gasteiger partial charge on any atom is -0.444 e. The maximum atomic E-state index is 12.4. The van der Waals surface area contributed by atoms with Crippen LogP contribution in [0.5, 0.6) is 0 Å². The Balaban J connectivity index is 1.88. The summed E-state index contributed by atoms with van der Waals surface area (Å²) in [5.41, 5.74) is 2.55. The molecule has 0 spiro atoms. The average Bonchev–Trinajstić information content (AvgIpc) is 2.84. The van der Waals surface area contributed by atoms with Gasteiger partial charge in [0.15, 0.2) is 10.4 Å². The zero-order valence-electron chi connectivity index (χ0n) is 10.6. The van der Waals surface area contributed by atoms with Crippen LogP contribution in [-0.2, 0) is 13.0 Å². The van der Waals surface area contributed by atoms with E-state index in [2.05, 4.69) is 35.0 Å². The van der Waals surface area contributed by atoms with Crippen LogP contribution in [0.3, 0.4) is 0 Å². The fraction of sp³-hybridized carbons (Fsp3) is 0.267. The maximum absolute atomic E-state index is 12.4. The van der Waals surface area contributed by atoms with E-state index in [0.29, 0.717) is 17.0 Å². The Bertz CT molecular complexity index is 620. The molecule has 1 atom stereocenters. The first-order valence-electron chi connectivity index (χ1n) is 6.28. The minimum absolute atomic E-state index is 0.0484. The second kappa shape index (κ2) is 4.85. The summed E-state index contributed by atoms with van der Waals surface area (Å²) < 4.78 is 5.94. The van der Waals surface area contributed by atoms with Crippen molar-refractivity contribution in [1.82, 2.24) is 4.90 Å². The molecule has 19 heavy (non-hydrogen) atoms. The van der Waals surface area contributed by atoms with Gasteiger partial charge in [0.2, 0.25) is 0 Å². The highest BCUT2D eigenvalue weighted by atomic mass is 79.9. The van der Waals surface area contributed by atoms with E-state index >= 15 is 0 Å². The van der Waals surface area contributed by atoms with Crippen LogP contribution in [-0.4, -0.2) is 16.8 Å². The van der Waals surface area contributed by atoms with E-state index in [9.17, 15) is 4.79 Å². The molecule has 98 valence electrons. The molecule has 1 aliphatic rings. The van der Waals surface area contributed by atoms with Gasteiger partial charge in [0.05, 0.1) is 0 Å². The van der Waals surface area contributed by atoms with E-state index in [-0.39, 0.29) is 11.9 Å². The monoisotopic (exact) mass is 319 g/mol. The molecule has 0 fully saturated rings. The lowest BCUT2D eigenvalue weighted by Gasteiger charge is -2.34. The van der Waals surface area contributed by atoms with Crippen molar-refractivity contribution in [1.29, 1.82) is 0 Å². The highest BCUT2D eigenvalue weighted by Crippen LogP contribution is 2.25. The lowest BCUT2D eigenvalue weighted by Crippen LogP contribution is -2.42. The Hall–Kier alpha value is -1.55. The van der Waals surface area contributed by atoms with Gasteiger partial charge in [-0.15, -0.1) is 0 Å². The molecule has 0 radical (unpaired) electrons. The van der Waals surface area contributed by atoms with E-state index in [1.807, 2.05) is 17.0 Å². The summed E-state index contributed by atoms with van der Waals surface area (Å²) in [7, 11) is 0. The number of furan rings is 1. The third kappa shape index (κ3) is 2.32. The standard InChI is InChI=1S/C15H14BrNO2/c1-10-8-11-4-2-3-5-12(11)9-17(10)15(18)13-6-7-14(16)19-13/h2-7,10H,8-9H2,1H3. The van der Waals surface area contributed by atoms with Gasteiger partial charge in [0.25, 0.3) is 5.91 Å². The van der Waals surface area contributed by atoms with Crippen LogP contribution in [0.1, 0.15) is 28.6 Å². The third-order valence-electron chi connectivity index (χ3n) is 3.55. The smallest absolute Gasteiger partial charge is 0.290 e. The molecule has 1 unspecified atom stereocenters. The van der Waals surface area contributed by atoms with Crippen molar-refractivity contribution >= 4 is 21.8 Å². The van der Waals surface area contributed by atoms with Gasteiger partial charge in [0, 0.05) is 12.6 Å².